The summed E-state index contributed by atoms with van der Waals surface area (Å²) in [6.07, 6.45) is 4.00. The van der Waals surface area contributed by atoms with E-state index in [0.717, 1.165) is 24.6 Å². The molecule has 2 rings (SSSR count). The Morgan fingerprint density at radius 2 is 1.88 bits per heavy atom. The summed E-state index contributed by atoms with van der Waals surface area (Å²) in [7, 11) is 0. The van der Waals surface area contributed by atoms with Crippen LogP contribution in [0.1, 0.15) is 32.3 Å². The number of nitrogens with two attached hydrogens (primary N) is 1. The average molecular weight is 232 g/mol. The van der Waals surface area contributed by atoms with Crippen molar-refractivity contribution in [1.82, 2.24) is 4.90 Å². The Bertz CT molecular complexity index is 338. The number of benzene rings is 1. The van der Waals surface area contributed by atoms with Crippen LogP contribution in [0.15, 0.2) is 24.3 Å². The van der Waals surface area contributed by atoms with Crippen LogP contribution in [0.2, 0.25) is 0 Å². The molecule has 1 aliphatic carbocycles. The minimum Gasteiger partial charge on any atom is -0.399 e. The first kappa shape index (κ1) is 12.4. The van der Waals surface area contributed by atoms with Crippen LogP contribution in [-0.2, 0) is 6.42 Å². The van der Waals surface area contributed by atoms with Gasteiger partial charge in [-0.1, -0.05) is 12.1 Å². The first-order chi connectivity index (χ1) is 8.15. The summed E-state index contributed by atoms with van der Waals surface area (Å²) in [5, 5.41) is 0. The molecule has 2 heteroatoms. The van der Waals surface area contributed by atoms with Gasteiger partial charge in [-0.05, 0) is 56.7 Å². The van der Waals surface area contributed by atoms with E-state index in [2.05, 4.69) is 30.9 Å². The summed E-state index contributed by atoms with van der Waals surface area (Å²) in [6.45, 7) is 7.04. The Balaban J connectivity index is 1.83. The van der Waals surface area contributed by atoms with Crippen molar-refractivity contribution >= 4 is 5.69 Å². The van der Waals surface area contributed by atoms with Crippen molar-refractivity contribution in [2.75, 3.05) is 18.8 Å². The second kappa shape index (κ2) is 5.54. The van der Waals surface area contributed by atoms with Gasteiger partial charge in [-0.25, -0.2) is 0 Å². The van der Waals surface area contributed by atoms with Crippen LogP contribution in [0.25, 0.3) is 0 Å². The van der Waals surface area contributed by atoms with Gasteiger partial charge in [0.1, 0.15) is 0 Å². The Kier molecular flexibility index (Phi) is 4.06. The van der Waals surface area contributed by atoms with E-state index in [9.17, 15) is 0 Å². The topological polar surface area (TPSA) is 29.3 Å². The maximum Gasteiger partial charge on any atom is 0.0314 e. The van der Waals surface area contributed by atoms with Crippen LogP contribution in [0.4, 0.5) is 5.69 Å². The molecule has 94 valence electrons. The minimum atomic E-state index is 0.657. The maximum absolute atomic E-state index is 5.69. The van der Waals surface area contributed by atoms with E-state index >= 15 is 0 Å². The van der Waals surface area contributed by atoms with Gasteiger partial charge in [-0.15, -0.1) is 0 Å². The standard InChI is InChI=1S/C15H24N2/c1-12(2)17(11-14-3-4-14)10-9-13-5-7-15(16)8-6-13/h5-8,12,14H,3-4,9-11,16H2,1-2H3. The van der Waals surface area contributed by atoms with Gasteiger partial charge in [0, 0.05) is 24.8 Å². The highest BCUT2D eigenvalue weighted by Gasteiger charge is 2.25. The van der Waals surface area contributed by atoms with E-state index in [1.54, 1.807) is 0 Å². The molecule has 1 aromatic rings. The molecule has 1 fully saturated rings. The van der Waals surface area contributed by atoms with Crippen molar-refractivity contribution in [3.8, 4) is 0 Å². The van der Waals surface area contributed by atoms with Crippen molar-refractivity contribution in [2.45, 2.75) is 39.2 Å². The number of nitrogen functional groups attached to an aromatic ring is 1. The lowest BCUT2D eigenvalue weighted by atomic mass is 10.1. The zero-order valence-electron chi connectivity index (χ0n) is 11.0. The lowest BCUT2D eigenvalue weighted by Crippen LogP contribution is -2.34. The molecule has 0 bridgehead atoms. The van der Waals surface area contributed by atoms with Crippen LogP contribution >= 0.6 is 0 Å². The van der Waals surface area contributed by atoms with Crippen LogP contribution in [0.5, 0.6) is 0 Å². The van der Waals surface area contributed by atoms with E-state index in [4.69, 9.17) is 5.73 Å². The molecule has 1 aromatic carbocycles. The number of nitrogens with zero attached hydrogens (tertiary/aromatic N) is 1. The SMILES string of the molecule is CC(C)N(CCc1ccc(N)cc1)CC1CC1. The third-order valence-electron chi connectivity index (χ3n) is 3.59. The molecule has 0 heterocycles. The normalized spacial score (nSPS) is 15.8. The summed E-state index contributed by atoms with van der Waals surface area (Å²) in [5.74, 6) is 0.976. The fraction of sp³-hybridized carbons (Fsp3) is 0.600. The van der Waals surface area contributed by atoms with Gasteiger partial charge >= 0.3 is 0 Å². The summed E-state index contributed by atoms with van der Waals surface area (Å²) in [4.78, 5) is 2.61. The molecule has 0 saturated heterocycles. The summed E-state index contributed by atoms with van der Waals surface area (Å²) >= 11 is 0. The fourth-order valence-corrected chi connectivity index (χ4v) is 2.15. The highest BCUT2D eigenvalue weighted by Crippen LogP contribution is 2.30. The average Bonchev–Trinajstić information content (AvgIpc) is 3.10. The molecule has 1 saturated carbocycles. The molecule has 0 spiro atoms. The van der Waals surface area contributed by atoms with E-state index < -0.39 is 0 Å². The van der Waals surface area contributed by atoms with Crippen molar-refractivity contribution in [3.05, 3.63) is 29.8 Å². The van der Waals surface area contributed by atoms with E-state index in [0.29, 0.717) is 6.04 Å². The lowest BCUT2D eigenvalue weighted by Gasteiger charge is -2.26. The molecule has 1 aliphatic rings. The van der Waals surface area contributed by atoms with Crippen molar-refractivity contribution < 1.29 is 0 Å². The maximum atomic E-state index is 5.69. The Morgan fingerprint density at radius 3 is 2.41 bits per heavy atom. The van der Waals surface area contributed by atoms with Crippen LogP contribution < -0.4 is 5.73 Å². The predicted molar refractivity (Wildman–Crippen MR) is 74.0 cm³/mol. The molecule has 0 unspecified atom stereocenters. The molecular weight excluding hydrogens is 208 g/mol. The zero-order valence-corrected chi connectivity index (χ0v) is 11.0. The van der Waals surface area contributed by atoms with Gasteiger partial charge < -0.3 is 10.6 Å². The van der Waals surface area contributed by atoms with Crippen LogP contribution in [0, 0.1) is 5.92 Å². The Hall–Kier alpha value is -1.02. The zero-order chi connectivity index (χ0) is 12.3. The van der Waals surface area contributed by atoms with E-state index in [-0.39, 0.29) is 0 Å². The van der Waals surface area contributed by atoms with Crippen molar-refractivity contribution in [1.29, 1.82) is 0 Å². The van der Waals surface area contributed by atoms with Gasteiger partial charge in [-0.2, -0.15) is 0 Å². The lowest BCUT2D eigenvalue weighted by molar-refractivity contribution is 0.215. The van der Waals surface area contributed by atoms with Gasteiger partial charge in [0.2, 0.25) is 0 Å². The molecule has 2 N–H and O–H groups in total. The highest BCUT2D eigenvalue weighted by atomic mass is 15.1. The number of hydrogen-bond donors (Lipinski definition) is 1. The first-order valence-electron chi connectivity index (χ1n) is 6.73. The van der Waals surface area contributed by atoms with Gasteiger partial charge in [0.15, 0.2) is 0 Å². The second-order valence-corrected chi connectivity index (χ2v) is 5.52. The first-order valence-corrected chi connectivity index (χ1v) is 6.73. The fourth-order valence-electron chi connectivity index (χ4n) is 2.15. The second-order valence-electron chi connectivity index (χ2n) is 5.52. The van der Waals surface area contributed by atoms with Gasteiger partial charge in [0.25, 0.3) is 0 Å². The summed E-state index contributed by atoms with van der Waals surface area (Å²) < 4.78 is 0. The summed E-state index contributed by atoms with van der Waals surface area (Å²) in [6, 6.07) is 8.94. The Labute approximate surface area is 105 Å². The molecular formula is C15H24N2. The number of anilines is 1. The van der Waals surface area contributed by atoms with Crippen molar-refractivity contribution in [2.24, 2.45) is 5.92 Å². The monoisotopic (exact) mass is 232 g/mol. The van der Waals surface area contributed by atoms with E-state index in [1.165, 1.54) is 24.9 Å². The molecule has 0 radical (unpaired) electrons. The van der Waals surface area contributed by atoms with Crippen LogP contribution in [-0.4, -0.2) is 24.0 Å². The number of hydrogen-bond acceptors (Lipinski definition) is 2. The van der Waals surface area contributed by atoms with E-state index in [1.807, 2.05) is 12.1 Å². The molecule has 0 aliphatic heterocycles. The third kappa shape index (κ3) is 4.04. The molecule has 17 heavy (non-hydrogen) atoms. The quantitative estimate of drug-likeness (QED) is 0.764. The van der Waals surface area contributed by atoms with Gasteiger partial charge in [-0.3, -0.25) is 0 Å². The third-order valence-corrected chi connectivity index (χ3v) is 3.59. The largest absolute Gasteiger partial charge is 0.399 e. The molecule has 0 amide bonds. The molecule has 0 aromatic heterocycles. The smallest absolute Gasteiger partial charge is 0.0314 e. The van der Waals surface area contributed by atoms with Gasteiger partial charge in [0.05, 0.1) is 0 Å². The minimum absolute atomic E-state index is 0.657. The Morgan fingerprint density at radius 1 is 1.24 bits per heavy atom. The molecule has 2 nitrogen and oxygen atoms in total. The van der Waals surface area contributed by atoms with Crippen molar-refractivity contribution in [3.63, 3.8) is 0 Å². The van der Waals surface area contributed by atoms with Crippen LogP contribution in [0.3, 0.4) is 0 Å². The summed E-state index contributed by atoms with van der Waals surface area (Å²) in [5.41, 5.74) is 7.94. The predicted octanol–water partition coefficient (Wildman–Crippen LogP) is 2.93. The number of rotatable bonds is 6. The highest BCUT2D eigenvalue weighted by molar-refractivity contribution is 5.39. The molecule has 0 atom stereocenters.